The molecule has 102 valence electrons. The van der Waals surface area contributed by atoms with Crippen molar-refractivity contribution in [2.24, 2.45) is 0 Å². The molecule has 6 heteroatoms. The highest BCUT2D eigenvalue weighted by molar-refractivity contribution is 5.86. The highest BCUT2D eigenvalue weighted by atomic mass is 16.5. The molecular weight excluding hydrogens is 236 g/mol. The number of carbonyl (C=O) groups is 2. The number of hydrogen-bond acceptors (Lipinski definition) is 3. The second-order valence-electron chi connectivity index (χ2n) is 5.20. The Labute approximate surface area is 106 Å². The molecule has 0 radical (unpaired) electrons. The van der Waals surface area contributed by atoms with Gasteiger partial charge in [0, 0.05) is 13.2 Å². The molecule has 2 unspecified atom stereocenters. The Morgan fingerprint density at radius 3 is 2.83 bits per heavy atom. The van der Waals surface area contributed by atoms with E-state index in [4.69, 9.17) is 4.74 Å². The number of urea groups is 1. The Bertz CT molecular complexity index is 341. The van der Waals surface area contributed by atoms with Crippen LogP contribution in [0.4, 0.5) is 4.79 Å². The topological polar surface area (TPSA) is 78.9 Å². The van der Waals surface area contributed by atoms with Gasteiger partial charge in [-0.1, -0.05) is 0 Å². The maximum absolute atomic E-state index is 12.1. The van der Waals surface area contributed by atoms with Gasteiger partial charge in [0.15, 0.2) is 0 Å². The number of nitrogens with one attached hydrogen (secondary N) is 1. The number of hydrogen-bond donors (Lipinski definition) is 2. The maximum Gasteiger partial charge on any atom is 0.329 e. The van der Waals surface area contributed by atoms with Gasteiger partial charge in [-0.3, -0.25) is 0 Å². The predicted octanol–water partition coefficient (Wildman–Crippen LogP) is 0.814. The standard InChI is InChI=1S/C12H20N2O4/c1-12(10(15)16)5-3-6-14(12)11(17)13-9-4-2-7-18-8-9/h9H,2-8H2,1H3,(H,13,17)(H,15,16). The fourth-order valence-electron chi connectivity index (χ4n) is 2.62. The summed E-state index contributed by atoms with van der Waals surface area (Å²) in [5, 5.41) is 12.1. The van der Waals surface area contributed by atoms with E-state index in [1.54, 1.807) is 6.92 Å². The molecule has 0 aliphatic carbocycles. The quantitative estimate of drug-likeness (QED) is 0.766. The summed E-state index contributed by atoms with van der Waals surface area (Å²) in [5.41, 5.74) is -1.07. The van der Waals surface area contributed by atoms with E-state index in [1.165, 1.54) is 4.90 Å². The monoisotopic (exact) mass is 256 g/mol. The molecule has 0 bridgehead atoms. The summed E-state index contributed by atoms with van der Waals surface area (Å²) in [4.78, 5) is 24.8. The van der Waals surface area contributed by atoms with Crippen molar-refractivity contribution in [1.82, 2.24) is 10.2 Å². The van der Waals surface area contributed by atoms with Crippen LogP contribution in [0.15, 0.2) is 0 Å². The zero-order chi connectivity index (χ0) is 13.2. The lowest BCUT2D eigenvalue weighted by atomic mass is 10.00. The minimum atomic E-state index is -1.07. The molecule has 2 aliphatic heterocycles. The fraction of sp³-hybridized carbons (Fsp3) is 0.833. The SMILES string of the molecule is CC1(C(=O)O)CCCN1C(=O)NC1CCCOC1. The number of carboxylic acids is 1. The highest BCUT2D eigenvalue weighted by Crippen LogP contribution is 2.29. The summed E-state index contributed by atoms with van der Waals surface area (Å²) in [7, 11) is 0. The predicted molar refractivity (Wildman–Crippen MR) is 64.4 cm³/mol. The van der Waals surface area contributed by atoms with Crippen LogP contribution in [0.2, 0.25) is 0 Å². The molecule has 0 aromatic carbocycles. The highest BCUT2D eigenvalue weighted by Gasteiger charge is 2.46. The van der Waals surface area contributed by atoms with Gasteiger partial charge in [-0.25, -0.2) is 9.59 Å². The molecule has 0 aromatic rings. The third kappa shape index (κ3) is 2.43. The van der Waals surface area contributed by atoms with E-state index in [0.29, 0.717) is 19.6 Å². The Balaban J connectivity index is 1.97. The van der Waals surface area contributed by atoms with Crippen molar-refractivity contribution in [1.29, 1.82) is 0 Å². The van der Waals surface area contributed by atoms with Gasteiger partial charge in [0.05, 0.1) is 12.6 Å². The smallest absolute Gasteiger partial charge is 0.329 e. The van der Waals surface area contributed by atoms with E-state index in [-0.39, 0.29) is 12.1 Å². The van der Waals surface area contributed by atoms with Gasteiger partial charge < -0.3 is 20.1 Å². The molecule has 2 heterocycles. The number of amides is 2. The van der Waals surface area contributed by atoms with Crippen LogP contribution < -0.4 is 5.32 Å². The second kappa shape index (κ2) is 5.14. The molecule has 2 saturated heterocycles. The lowest BCUT2D eigenvalue weighted by Gasteiger charge is -2.33. The maximum atomic E-state index is 12.1. The van der Waals surface area contributed by atoms with Crippen LogP contribution in [-0.2, 0) is 9.53 Å². The minimum Gasteiger partial charge on any atom is -0.480 e. The van der Waals surface area contributed by atoms with Crippen LogP contribution >= 0.6 is 0 Å². The molecule has 0 saturated carbocycles. The van der Waals surface area contributed by atoms with E-state index >= 15 is 0 Å². The van der Waals surface area contributed by atoms with Gasteiger partial charge in [-0.15, -0.1) is 0 Å². The normalized spacial score (nSPS) is 32.3. The summed E-state index contributed by atoms with van der Waals surface area (Å²) in [6, 6.07) is -0.280. The van der Waals surface area contributed by atoms with Crippen molar-refractivity contribution in [2.45, 2.75) is 44.2 Å². The molecule has 2 aliphatic rings. The van der Waals surface area contributed by atoms with Gasteiger partial charge in [0.25, 0.3) is 0 Å². The summed E-state index contributed by atoms with van der Waals surface area (Å²) in [6.45, 7) is 3.37. The number of rotatable bonds is 2. The molecule has 0 spiro atoms. The van der Waals surface area contributed by atoms with Gasteiger partial charge in [0.1, 0.15) is 5.54 Å². The Morgan fingerprint density at radius 2 is 2.22 bits per heavy atom. The van der Waals surface area contributed by atoms with Crippen molar-refractivity contribution < 1.29 is 19.4 Å². The van der Waals surface area contributed by atoms with Crippen LogP contribution in [0.3, 0.4) is 0 Å². The number of carbonyl (C=O) groups excluding carboxylic acids is 1. The first-order chi connectivity index (χ1) is 8.54. The van der Waals surface area contributed by atoms with Gasteiger partial charge in [0.2, 0.25) is 0 Å². The van der Waals surface area contributed by atoms with E-state index in [1.807, 2.05) is 0 Å². The van der Waals surface area contributed by atoms with Crippen LogP contribution in [0.5, 0.6) is 0 Å². The largest absolute Gasteiger partial charge is 0.480 e. The molecule has 2 N–H and O–H groups in total. The summed E-state index contributed by atoms with van der Waals surface area (Å²) in [6.07, 6.45) is 3.07. The average molecular weight is 256 g/mol. The molecule has 2 rings (SSSR count). The number of carboxylic acid groups (broad SMARTS) is 1. The zero-order valence-electron chi connectivity index (χ0n) is 10.6. The third-order valence-electron chi connectivity index (χ3n) is 3.83. The molecule has 0 aromatic heterocycles. The summed E-state index contributed by atoms with van der Waals surface area (Å²) >= 11 is 0. The third-order valence-corrected chi connectivity index (χ3v) is 3.83. The number of likely N-dealkylation sites (tertiary alicyclic amines) is 1. The number of nitrogens with zero attached hydrogens (tertiary/aromatic N) is 1. The zero-order valence-corrected chi connectivity index (χ0v) is 10.6. The molecular formula is C12H20N2O4. The van der Waals surface area contributed by atoms with Crippen LogP contribution in [0, 0.1) is 0 Å². The van der Waals surface area contributed by atoms with Crippen LogP contribution in [0.1, 0.15) is 32.6 Å². The van der Waals surface area contributed by atoms with Crippen molar-refractivity contribution in [3.05, 3.63) is 0 Å². The second-order valence-corrected chi connectivity index (χ2v) is 5.20. The van der Waals surface area contributed by atoms with E-state index in [9.17, 15) is 14.7 Å². The Hall–Kier alpha value is -1.30. The first-order valence-corrected chi connectivity index (χ1v) is 6.43. The average Bonchev–Trinajstić information content (AvgIpc) is 2.74. The van der Waals surface area contributed by atoms with E-state index in [2.05, 4.69) is 5.32 Å². The molecule has 2 fully saturated rings. The summed E-state index contributed by atoms with van der Waals surface area (Å²) in [5.74, 6) is -0.935. The van der Waals surface area contributed by atoms with Gasteiger partial charge in [-0.2, -0.15) is 0 Å². The van der Waals surface area contributed by atoms with Crippen LogP contribution in [0.25, 0.3) is 0 Å². The van der Waals surface area contributed by atoms with Crippen LogP contribution in [-0.4, -0.2) is 53.3 Å². The first kappa shape index (κ1) is 13.1. The molecule has 6 nitrogen and oxygen atoms in total. The summed E-state index contributed by atoms with van der Waals surface area (Å²) < 4.78 is 5.30. The van der Waals surface area contributed by atoms with E-state index in [0.717, 1.165) is 25.9 Å². The first-order valence-electron chi connectivity index (χ1n) is 6.43. The Morgan fingerprint density at radius 1 is 1.44 bits per heavy atom. The van der Waals surface area contributed by atoms with Crippen molar-refractivity contribution in [3.8, 4) is 0 Å². The van der Waals surface area contributed by atoms with Crippen molar-refractivity contribution in [2.75, 3.05) is 19.8 Å². The lowest BCUT2D eigenvalue weighted by molar-refractivity contribution is -0.147. The Kier molecular flexibility index (Phi) is 3.75. The van der Waals surface area contributed by atoms with Gasteiger partial charge >= 0.3 is 12.0 Å². The van der Waals surface area contributed by atoms with Crippen molar-refractivity contribution >= 4 is 12.0 Å². The number of aliphatic carboxylic acids is 1. The fourth-order valence-corrected chi connectivity index (χ4v) is 2.62. The molecule has 2 amide bonds. The molecule has 2 atom stereocenters. The van der Waals surface area contributed by atoms with Gasteiger partial charge in [-0.05, 0) is 32.6 Å². The lowest BCUT2D eigenvalue weighted by Crippen LogP contribution is -2.56. The molecule has 18 heavy (non-hydrogen) atoms. The number of ether oxygens (including phenoxy) is 1. The minimum absolute atomic E-state index is 0.00453. The van der Waals surface area contributed by atoms with E-state index < -0.39 is 11.5 Å². The van der Waals surface area contributed by atoms with Crippen molar-refractivity contribution in [3.63, 3.8) is 0 Å².